The van der Waals surface area contributed by atoms with Crippen LogP contribution < -0.4 is 0 Å². The molecule has 0 heterocycles. The first kappa shape index (κ1) is 24.0. The number of hydrogen-bond acceptors (Lipinski definition) is 8. The Hall–Kier alpha value is -2.44. The van der Waals surface area contributed by atoms with Crippen LogP contribution in [0.15, 0.2) is 0 Å². The van der Waals surface area contributed by atoms with Gasteiger partial charge in [0, 0.05) is 0 Å². The van der Waals surface area contributed by atoms with Crippen LogP contribution in [0.1, 0.15) is 20.8 Å². The molecular weight excluding hydrogens is 250 g/mol. The van der Waals surface area contributed by atoms with Crippen molar-refractivity contribution in [3.05, 3.63) is 30.3 Å². The Kier molecular flexibility index (Phi) is 27.1. The van der Waals surface area contributed by atoms with Crippen molar-refractivity contribution in [3.8, 4) is 0 Å². The van der Waals surface area contributed by atoms with Gasteiger partial charge in [-0.2, -0.15) is 0 Å². The highest BCUT2D eigenvalue weighted by atomic mass is 17.0. The van der Waals surface area contributed by atoms with Crippen LogP contribution in [0.5, 0.6) is 0 Å². The highest BCUT2D eigenvalue weighted by molar-refractivity contribution is 4.09. The van der Waals surface area contributed by atoms with Crippen molar-refractivity contribution in [1.82, 2.24) is 0 Å². The molecule has 0 rings (SSSR count). The predicted molar refractivity (Wildman–Crippen MR) is 48.7 cm³/mol. The first-order chi connectivity index (χ1) is 7.59. The maximum Gasteiger partial charge on any atom is 0.297 e. The average molecular weight is 263 g/mol. The Morgan fingerprint density at radius 3 is 1.18 bits per heavy atom. The molecule has 0 aliphatic heterocycles. The zero-order valence-corrected chi connectivity index (χ0v) is 9.12. The van der Waals surface area contributed by atoms with Crippen molar-refractivity contribution in [3.63, 3.8) is 0 Å². The van der Waals surface area contributed by atoms with E-state index in [1.807, 2.05) is 13.8 Å². The Morgan fingerprint density at radius 1 is 1.00 bits per heavy atom. The summed E-state index contributed by atoms with van der Waals surface area (Å²) in [7, 11) is 0. The predicted octanol–water partition coefficient (Wildman–Crippen LogP) is -0.136. The number of aliphatic hydroxyl groups excluding tert-OH is 1. The van der Waals surface area contributed by atoms with Gasteiger partial charge in [0.2, 0.25) is 0 Å². The second kappa shape index (κ2) is 19.2. The van der Waals surface area contributed by atoms with E-state index in [1.54, 1.807) is 0 Å². The first-order valence-corrected chi connectivity index (χ1v) is 3.75. The van der Waals surface area contributed by atoms with E-state index < -0.39 is 21.5 Å². The molecule has 0 saturated carbocycles. The molecule has 0 fully saturated rings. The summed E-state index contributed by atoms with van der Waals surface area (Å²) in [6.45, 7) is 5.16. The smallest absolute Gasteiger partial charge is 0.297 e. The van der Waals surface area contributed by atoms with E-state index in [0.717, 1.165) is 6.92 Å². The van der Waals surface area contributed by atoms with E-state index >= 15 is 0 Å². The molecule has 0 amide bonds. The van der Waals surface area contributed by atoms with E-state index in [4.69, 9.17) is 35.7 Å². The topological polar surface area (TPSA) is 199 Å². The van der Waals surface area contributed by atoms with Gasteiger partial charge in [-0.25, -0.2) is 0 Å². The molecule has 0 spiro atoms. The first-order valence-electron chi connectivity index (χ1n) is 3.75. The summed E-state index contributed by atoms with van der Waals surface area (Å²) in [5.41, 5.74) is 0. The van der Waals surface area contributed by atoms with Gasteiger partial charge in [0.1, 0.15) is 0 Å². The lowest BCUT2D eigenvalue weighted by molar-refractivity contribution is -0.778. The highest BCUT2D eigenvalue weighted by Gasteiger charge is 1.97. The zero-order valence-electron chi connectivity index (χ0n) is 9.12. The Balaban J connectivity index is -0.0000000733. The monoisotopic (exact) mass is 263 g/mol. The molecule has 0 bridgehead atoms. The van der Waals surface area contributed by atoms with Crippen molar-refractivity contribution in [2.24, 2.45) is 0 Å². The summed E-state index contributed by atoms with van der Waals surface area (Å²) in [6.07, 6.45) is -1.32. The second-order valence-electron chi connectivity index (χ2n) is 1.40. The van der Waals surface area contributed by atoms with Crippen LogP contribution in [0.2, 0.25) is 0 Å². The lowest BCUT2D eigenvalue weighted by Crippen LogP contribution is -2.11. The summed E-state index contributed by atoms with van der Waals surface area (Å²) in [5, 5.41) is 43.5. The van der Waals surface area contributed by atoms with Crippen LogP contribution in [0.25, 0.3) is 0 Å². The van der Waals surface area contributed by atoms with Gasteiger partial charge in [-0.05, 0) is 6.92 Å². The Morgan fingerprint density at radius 2 is 1.18 bits per heavy atom. The third kappa shape index (κ3) is 745. The molecule has 1 unspecified atom stereocenters. The maximum absolute atomic E-state index is 9.23. The van der Waals surface area contributed by atoms with E-state index in [1.165, 1.54) is 0 Å². The summed E-state index contributed by atoms with van der Waals surface area (Å²) >= 11 is 0. The standard InChI is InChI=1S/C2H5NO4.C2H6.2HNO3/c1-2(4)7-3(5)6;1-2;2*2-1(3)4/h2,4H,1H3;1-2H3;2*(H,2,3,4). The summed E-state index contributed by atoms with van der Waals surface area (Å²) < 4.78 is 0. The van der Waals surface area contributed by atoms with Crippen LogP contribution in [0.3, 0.4) is 0 Å². The molecular formula is C4H13N3O10. The minimum atomic E-state index is -1.50. The van der Waals surface area contributed by atoms with Gasteiger partial charge in [0.05, 0.1) is 0 Å². The third-order valence-electron chi connectivity index (χ3n) is 0.239. The van der Waals surface area contributed by atoms with Crippen molar-refractivity contribution in [2.45, 2.75) is 27.1 Å². The largest absolute Gasteiger partial charge is 0.369 e. The number of hydrogen-bond donors (Lipinski definition) is 3. The average Bonchev–Trinajstić information content (AvgIpc) is 2.02. The number of aliphatic hydroxyl groups is 1. The van der Waals surface area contributed by atoms with Crippen molar-refractivity contribution < 1.29 is 35.6 Å². The van der Waals surface area contributed by atoms with E-state index in [2.05, 4.69) is 4.84 Å². The van der Waals surface area contributed by atoms with Crippen LogP contribution >= 0.6 is 0 Å². The maximum atomic E-state index is 9.23. The number of rotatable bonds is 2. The lowest BCUT2D eigenvalue weighted by atomic mass is 10.8. The zero-order chi connectivity index (χ0) is 15.0. The molecule has 13 nitrogen and oxygen atoms in total. The van der Waals surface area contributed by atoms with E-state index in [-0.39, 0.29) is 0 Å². The molecule has 0 saturated heterocycles. The minimum absolute atomic E-state index is 1.05. The fourth-order valence-electron chi connectivity index (χ4n) is 0.125. The summed E-state index contributed by atoms with van der Waals surface area (Å²) in [6, 6.07) is 0. The van der Waals surface area contributed by atoms with Crippen molar-refractivity contribution in [1.29, 1.82) is 0 Å². The van der Waals surface area contributed by atoms with Crippen molar-refractivity contribution >= 4 is 0 Å². The molecule has 1 atom stereocenters. The van der Waals surface area contributed by atoms with Gasteiger partial charge >= 0.3 is 0 Å². The summed E-state index contributed by atoms with van der Waals surface area (Å²) in [5.74, 6) is 0. The van der Waals surface area contributed by atoms with E-state index in [9.17, 15) is 10.1 Å². The van der Waals surface area contributed by atoms with Gasteiger partial charge in [-0.15, -0.1) is 30.3 Å². The molecule has 17 heavy (non-hydrogen) atoms. The SMILES string of the molecule is CC.CC(O)O[N+](=O)[O-].O=[N+]([O-])O.O=[N+]([O-])O. The van der Waals surface area contributed by atoms with Crippen LogP contribution in [-0.2, 0) is 4.84 Å². The number of nitrogens with zero attached hydrogens (tertiary/aromatic N) is 3. The van der Waals surface area contributed by atoms with Gasteiger partial charge in [0.15, 0.2) is 6.29 Å². The molecule has 13 heteroatoms. The Labute approximate surface area is 94.2 Å². The van der Waals surface area contributed by atoms with E-state index in [0.29, 0.717) is 0 Å². The van der Waals surface area contributed by atoms with Crippen LogP contribution in [0.4, 0.5) is 0 Å². The van der Waals surface area contributed by atoms with Crippen LogP contribution in [0, 0.1) is 30.3 Å². The molecule has 0 aromatic heterocycles. The fourth-order valence-corrected chi connectivity index (χ4v) is 0.125. The molecule has 3 N–H and O–H groups in total. The molecule has 104 valence electrons. The highest BCUT2D eigenvalue weighted by Crippen LogP contribution is 1.80. The van der Waals surface area contributed by atoms with Crippen LogP contribution in [-0.4, -0.2) is 37.1 Å². The molecule has 0 aromatic carbocycles. The molecule has 0 aliphatic rings. The molecule has 0 aliphatic carbocycles. The fraction of sp³-hybridized carbons (Fsp3) is 1.00. The second-order valence-corrected chi connectivity index (χ2v) is 1.40. The quantitative estimate of drug-likeness (QED) is 0.342. The van der Waals surface area contributed by atoms with Gasteiger partial charge in [-0.1, -0.05) is 13.8 Å². The van der Waals surface area contributed by atoms with Gasteiger partial charge in [0.25, 0.3) is 15.3 Å². The molecule has 0 radical (unpaired) electrons. The summed E-state index contributed by atoms with van der Waals surface area (Å²) in [4.78, 5) is 29.5. The third-order valence-corrected chi connectivity index (χ3v) is 0.239. The van der Waals surface area contributed by atoms with Crippen molar-refractivity contribution in [2.75, 3.05) is 0 Å². The van der Waals surface area contributed by atoms with Gasteiger partial charge < -0.3 is 15.5 Å². The normalized spacial score (nSPS) is 8.47. The lowest BCUT2D eigenvalue weighted by Gasteiger charge is -1.96. The van der Waals surface area contributed by atoms with Gasteiger partial charge in [-0.3, -0.25) is 4.84 Å². The Bertz CT molecular complexity index is 186. The minimum Gasteiger partial charge on any atom is -0.369 e. The molecule has 0 aromatic rings.